The first kappa shape index (κ1) is 17.3. The summed E-state index contributed by atoms with van der Waals surface area (Å²) in [6.45, 7) is 4.86. The van der Waals surface area contributed by atoms with E-state index in [1.165, 1.54) is 28.0 Å². The zero-order chi connectivity index (χ0) is 17.5. The molecule has 0 aliphatic carbocycles. The van der Waals surface area contributed by atoms with E-state index in [1.54, 1.807) is 11.9 Å². The minimum absolute atomic E-state index is 0.0373. The van der Waals surface area contributed by atoms with Gasteiger partial charge in [0.2, 0.25) is 11.8 Å². The maximum atomic E-state index is 12.7. The smallest absolute Gasteiger partial charge is 0.261 e. The van der Waals surface area contributed by atoms with Gasteiger partial charge in [0.1, 0.15) is 6.04 Å². The van der Waals surface area contributed by atoms with Gasteiger partial charge in [0, 0.05) is 30.8 Å². The van der Waals surface area contributed by atoms with Crippen molar-refractivity contribution in [3.8, 4) is 0 Å². The summed E-state index contributed by atoms with van der Waals surface area (Å²) in [5, 5.41) is 5.48. The second-order valence-corrected chi connectivity index (χ2v) is 9.27. The van der Waals surface area contributed by atoms with Crippen LogP contribution in [0.25, 0.3) is 0 Å². The number of rotatable bonds is 2. The molecule has 1 fully saturated rings. The van der Waals surface area contributed by atoms with Crippen LogP contribution in [0.3, 0.4) is 0 Å². The third kappa shape index (κ3) is 3.17. The van der Waals surface area contributed by atoms with Gasteiger partial charge in [-0.25, -0.2) is 0 Å². The van der Waals surface area contributed by atoms with E-state index < -0.39 is 10.8 Å². The lowest BCUT2D eigenvalue weighted by Gasteiger charge is -2.36. The Kier molecular flexibility index (Phi) is 4.61. The summed E-state index contributed by atoms with van der Waals surface area (Å²) in [5.74, 6) is 0.371. The SMILES string of the molecule is CNC(=O)c1cc2c(s1)CCN(C(=O)[C@@H]1CSC(C)(C)C(=O)N1)C2. The number of hydrogen-bond acceptors (Lipinski definition) is 5. The molecule has 0 aromatic carbocycles. The van der Waals surface area contributed by atoms with Crippen molar-refractivity contribution in [3.05, 3.63) is 21.4 Å². The van der Waals surface area contributed by atoms with Gasteiger partial charge in [0.05, 0.1) is 9.62 Å². The average Bonchev–Trinajstić information content (AvgIpc) is 2.99. The van der Waals surface area contributed by atoms with E-state index in [-0.39, 0.29) is 17.7 Å². The molecule has 0 bridgehead atoms. The minimum Gasteiger partial charge on any atom is -0.354 e. The first-order valence-electron chi connectivity index (χ1n) is 7.89. The largest absolute Gasteiger partial charge is 0.354 e. The number of hydrogen-bond donors (Lipinski definition) is 2. The first-order chi connectivity index (χ1) is 11.3. The molecule has 24 heavy (non-hydrogen) atoms. The quantitative estimate of drug-likeness (QED) is 0.818. The van der Waals surface area contributed by atoms with E-state index >= 15 is 0 Å². The second-order valence-electron chi connectivity index (χ2n) is 6.50. The highest BCUT2D eigenvalue weighted by atomic mass is 32.2. The van der Waals surface area contributed by atoms with Crippen LogP contribution in [0.1, 0.15) is 34.0 Å². The number of carbonyl (C=O) groups excluding carboxylic acids is 3. The fourth-order valence-electron chi connectivity index (χ4n) is 2.84. The number of carbonyl (C=O) groups is 3. The Morgan fingerprint density at radius 2 is 2.17 bits per heavy atom. The van der Waals surface area contributed by atoms with Crippen LogP contribution in [0.5, 0.6) is 0 Å². The Balaban J connectivity index is 1.69. The zero-order valence-corrected chi connectivity index (χ0v) is 15.6. The molecule has 0 spiro atoms. The Bertz CT molecular complexity index is 699. The van der Waals surface area contributed by atoms with Crippen LogP contribution < -0.4 is 10.6 Å². The van der Waals surface area contributed by atoms with E-state index in [0.717, 1.165) is 12.0 Å². The van der Waals surface area contributed by atoms with Crippen molar-refractivity contribution >= 4 is 40.8 Å². The lowest BCUT2D eigenvalue weighted by molar-refractivity contribution is -0.137. The Morgan fingerprint density at radius 3 is 2.83 bits per heavy atom. The molecule has 8 heteroatoms. The van der Waals surface area contributed by atoms with Gasteiger partial charge >= 0.3 is 0 Å². The van der Waals surface area contributed by atoms with E-state index in [9.17, 15) is 14.4 Å². The molecule has 0 unspecified atom stereocenters. The highest BCUT2D eigenvalue weighted by Crippen LogP contribution is 2.31. The van der Waals surface area contributed by atoms with Crippen LogP contribution in [-0.4, -0.2) is 52.8 Å². The normalized spacial score (nSPS) is 22.5. The van der Waals surface area contributed by atoms with Crippen molar-refractivity contribution in [1.29, 1.82) is 0 Å². The maximum absolute atomic E-state index is 12.7. The van der Waals surface area contributed by atoms with Gasteiger partial charge in [-0.2, -0.15) is 0 Å². The zero-order valence-electron chi connectivity index (χ0n) is 14.0. The van der Waals surface area contributed by atoms with Gasteiger partial charge in [-0.05, 0) is 31.9 Å². The number of thiophene rings is 1. The van der Waals surface area contributed by atoms with Crippen molar-refractivity contribution in [2.75, 3.05) is 19.3 Å². The van der Waals surface area contributed by atoms with Crippen LogP contribution in [0.4, 0.5) is 0 Å². The molecule has 3 heterocycles. The average molecular weight is 367 g/mol. The lowest BCUT2D eigenvalue weighted by atomic mass is 10.1. The monoisotopic (exact) mass is 367 g/mol. The van der Waals surface area contributed by atoms with Crippen molar-refractivity contribution in [2.24, 2.45) is 0 Å². The molecule has 2 N–H and O–H groups in total. The summed E-state index contributed by atoms with van der Waals surface area (Å²) in [5.41, 5.74) is 1.04. The van der Waals surface area contributed by atoms with E-state index in [1.807, 2.05) is 19.9 Å². The fraction of sp³-hybridized carbons (Fsp3) is 0.562. The van der Waals surface area contributed by atoms with E-state index in [0.29, 0.717) is 23.7 Å². The summed E-state index contributed by atoms with van der Waals surface area (Å²) >= 11 is 3.01. The number of nitrogens with zero attached hydrogens (tertiary/aromatic N) is 1. The van der Waals surface area contributed by atoms with E-state index in [2.05, 4.69) is 10.6 Å². The summed E-state index contributed by atoms with van der Waals surface area (Å²) in [6, 6.07) is 1.41. The van der Waals surface area contributed by atoms with Gasteiger partial charge in [0.15, 0.2) is 0 Å². The Hall–Kier alpha value is -1.54. The number of thioether (sulfide) groups is 1. The summed E-state index contributed by atoms with van der Waals surface area (Å²) in [7, 11) is 1.61. The van der Waals surface area contributed by atoms with Crippen LogP contribution >= 0.6 is 23.1 Å². The van der Waals surface area contributed by atoms with Crippen molar-refractivity contribution in [2.45, 2.75) is 37.6 Å². The topological polar surface area (TPSA) is 78.5 Å². The third-order valence-corrected chi connectivity index (χ3v) is 7.03. The van der Waals surface area contributed by atoms with Gasteiger partial charge in [0.25, 0.3) is 5.91 Å². The van der Waals surface area contributed by atoms with Crippen molar-refractivity contribution in [3.63, 3.8) is 0 Å². The number of fused-ring (bicyclic) bond motifs is 1. The molecule has 2 aliphatic heterocycles. The molecular weight excluding hydrogens is 346 g/mol. The molecule has 1 aromatic rings. The van der Waals surface area contributed by atoms with Gasteiger partial charge < -0.3 is 15.5 Å². The van der Waals surface area contributed by atoms with Gasteiger partial charge in [-0.15, -0.1) is 23.1 Å². The highest BCUT2D eigenvalue weighted by molar-refractivity contribution is 8.01. The molecule has 1 atom stereocenters. The Morgan fingerprint density at radius 1 is 1.42 bits per heavy atom. The van der Waals surface area contributed by atoms with Crippen LogP contribution in [0.15, 0.2) is 6.07 Å². The molecule has 130 valence electrons. The molecule has 0 radical (unpaired) electrons. The molecule has 1 aromatic heterocycles. The van der Waals surface area contributed by atoms with Crippen molar-refractivity contribution in [1.82, 2.24) is 15.5 Å². The number of amides is 3. The minimum atomic E-state index is -0.485. The van der Waals surface area contributed by atoms with Gasteiger partial charge in [-0.1, -0.05) is 0 Å². The third-order valence-electron chi connectivity index (χ3n) is 4.39. The molecule has 0 saturated carbocycles. The Labute approximate surface area is 149 Å². The fourth-order valence-corrected chi connectivity index (χ4v) is 4.95. The van der Waals surface area contributed by atoms with Crippen molar-refractivity contribution < 1.29 is 14.4 Å². The van der Waals surface area contributed by atoms with Crippen LogP contribution in [-0.2, 0) is 22.6 Å². The summed E-state index contributed by atoms with van der Waals surface area (Å²) < 4.78 is -0.485. The maximum Gasteiger partial charge on any atom is 0.261 e. The predicted molar refractivity (Wildman–Crippen MR) is 95.3 cm³/mol. The molecule has 1 saturated heterocycles. The molecule has 3 rings (SSSR count). The molecule has 6 nitrogen and oxygen atoms in total. The summed E-state index contributed by atoms with van der Waals surface area (Å²) in [4.78, 5) is 40.2. The molecule has 2 aliphatic rings. The molecular formula is C16H21N3O3S2. The second kappa shape index (κ2) is 6.40. The first-order valence-corrected chi connectivity index (χ1v) is 9.69. The number of nitrogens with one attached hydrogen (secondary N) is 2. The van der Waals surface area contributed by atoms with Gasteiger partial charge in [-0.3, -0.25) is 14.4 Å². The van der Waals surface area contributed by atoms with Crippen LogP contribution in [0, 0.1) is 0 Å². The predicted octanol–water partition coefficient (Wildman–Crippen LogP) is 1.00. The van der Waals surface area contributed by atoms with Crippen LogP contribution in [0.2, 0.25) is 0 Å². The standard InChI is InChI=1S/C16H21N3O3S2/c1-16(2)15(22)18-10(8-23-16)14(21)19-5-4-11-9(7-19)6-12(24-11)13(20)17-3/h6,10H,4-5,7-8H2,1-3H3,(H,17,20)(H,18,22)/t10-/m0/s1. The summed E-state index contributed by atoms with van der Waals surface area (Å²) in [6.07, 6.45) is 0.752. The van der Waals surface area contributed by atoms with E-state index in [4.69, 9.17) is 0 Å². The molecule has 3 amide bonds. The highest BCUT2D eigenvalue weighted by Gasteiger charge is 2.39. The lowest BCUT2D eigenvalue weighted by Crippen LogP contribution is -2.58.